The summed E-state index contributed by atoms with van der Waals surface area (Å²) in [6.45, 7) is 11.6. The fraction of sp³-hybridized carbons (Fsp3) is 0.111. The van der Waals surface area contributed by atoms with Gasteiger partial charge in [0.2, 0.25) is 0 Å². The third-order valence-electron chi connectivity index (χ3n) is 2.80. The Morgan fingerprint density at radius 3 is 1.78 bits per heavy atom. The highest BCUT2D eigenvalue weighted by atomic mass is 14.0. The van der Waals surface area contributed by atoms with Crippen LogP contribution in [0.1, 0.15) is 22.3 Å². The largest absolute Gasteiger partial charge is 0.0985 e. The quantitative estimate of drug-likeness (QED) is 0.665. The van der Waals surface area contributed by atoms with Gasteiger partial charge in [0.05, 0.1) is 0 Å². The molecule has 2 aromatic carbocycles. The van der Waals surface area contributed by atoms with E-state index in [1.165, 1.54) is 22.3 Å². The van der Waals surface area contributed by atoms with Crippen molar-refractivity contribution in [2.24, 2.45) is 0 Å². The fourth-order valence-corrected chi connectivity index (χ4v) is 1.48. The van der Waals surface area contributed by atoms with Crippen LogP contribution in [0.25, 0.3) is 12.2 Å². The number of rotatable bonds is 2. The van der Waals surface area contributed by atoms with Gasteiger partial charge >= 0.3 is 0 Å². The minimum Gasteiger partial charge on any atom is -0.0985 e. The molecule has 0 aliphatic heterocycles. The first kappa shape index (κ1) is 14.0. The van der Waals surface area contributed by atoms with Crippen molar-refractivity contribution in [2.45, 2.75) is 13.8 Å². The predicted molar refractivity (Wildman–Crippen MR) is 82.5 cm³/mol. The van der Waals surface area contributed by atoms with Crippen LogP contribution < -0.4 is 0 Å². The Kier molecular flexibility index (Phi) is 5.66. The normalized spacial score (nSPS) is 9.00. The summed E-state index contributed by atoms with van der Waals surface area (Å²) in [5.74, 6) is 0. The van der Waals surface area contributed by atoms with Crippen LogP contribution in [-0.4, -0.2) is 0 Å². The molecule has 0 N–H and O–H groups in total. The number of aryl methyl sites for hydroxylation is 2. The van der Waals surface area contributed by atoms with E-state index in [9.17, 15) is 0 Å². The molecule has 2 aromatic rings. The summed E-state index contributed by atoms with van der Waals surface area (Å²) in [7, 11) is 0. The van der Waals surface area contributed by atoms with E-state index in [1.54, 1.807) is 0 Å². The second-order valence-electron chi connectivity index (χ2n) is 4.16. The van der Waals surface area contributed by atoms with Crippen LogP contribution in [0.4, 0.5) is 0 Å². The van der Waals surface area contributed by atoms with Crippen LogP contribution in [0.3, 0.4) is 0 Å². The zero-order valence-corrected chi connectivity index (χ0v) is 11.2. The lowest BCUT2D eigenvalue weighted by molar-refractivity contribution is 1.33. The van der Waals surface area contributed by atoms with Gasteiger partial charge in [-0.1, -0.05) is 73.8 Å². The fourth-order valence-electron chi connectivity index (χ4n) is 1.48. The first-order valence-electron chi connectivity index (χ1n) is 6.04. The first-order chi connectivity index (χ1) is 8.67. The summed E-state index contributed by atoms with van der Waals surface area (Å²) in [4.78, 5) is 0. The van der Waals surface area contributed by atoms with Crippen molar-refractivity contribution in [2.75, 3.05) is 0 Å². The highest BCUT2D eigenvalue weighted by Crippen LogP contribution is 2.09. The van der Waals surface area contributed by atoms with Crippen molar-refractivity contribution >= 4 is 12.2 Å². The van der Waals surface area contributed by atoms with Crippen molar-refractivity contribution in [3.8, 4) is 0 Å². The molecule has 0 heteroatoms. The molecule has 0 saturated heterocycles. The van der Waals surface area contributed by atoms with E-state index in [0.29, 0.717) is 0 Å². The molecule has 0 fully saturated rings. The van der Waals surface area contributed by atoms with Gasteiger partial charge in [-0.15, -0.1) is 0 Å². The van der Waals surface area contributed by atoms with Gasteiger partial charge in [0.25, 0.3) is 0 Å². The van der Waals surface area contributed by atoms with Crippen molar-refractivity contribution in [1.82, 2.24) is 0 Å². The molecule has 0 aliphatic rings. The van der Waals surface area contributed by atoms with Crippen molar-refractivity contribution in [3.63, 3.8) is 0 Å². The molecule has 0 bridgehead atoms. The highest BCUT2D eigenvalue weighted by Gasteiger charge is 1.90. The number of hydrogen-bond donors (Lipinski definition) is 0. The van der Waals surface area contributed by atoms with Crippen molar-refractivity contribution < 1.29 is 0 Å². The van der Waals surface area contributed by atoms with Gasteiger partial charge in [0.1, 0.15) is 0 Å². The van der Waals surface area contributed by atoms with E-state index in [-0.39, 0.29) is 0 Å². The molecule has 0 aliphatic carbocycles. The molecule has 2 rings (SSSR count). The maximum absolute atomic E-state index is 3.70. The van der Waals surface area contributed by atoms with Crippen molar-refractivity contribution in [3.05, 3.63) is 83.9 Å². The van der Waals surface area contributed by atoms with Gasteiger partial charge in [0, 0.05) is 0 Å². The second kappa shape index (κ2) is 7.29. The highest BCUT2D eigenvalue weighted by molar-refractivity contribution is 5.49. The average molecular weight is 236 g/mol. The Hall–Kier alpha value is -2.08. The van der Waals surface area contributed by atoms with E-state index < -0.39 is 0 Å². The second-order valence-corrected chi connectivity index (χ2v) is 4.16. The Morgan fingerprint density at radius 1 is 0.722 bits per heavy atom. The van der Waals surface area contributed by atoms with Gasteiger partial charge in [0.15, 0.2) is 0 Å². The monoisotopic (exact) mass is 236 g/mol. The van der Waals surface area contributed by atoms with Gasteiger partial charge < -0.3 is 0 Å². The summed E-state index contributed by atoms with van der Waals surface area (Å²) in [5.41, 5.74) is 5.04. The molecule has 0 spiro atoms. The standard InChI is InChI=1S/C10H12.C8H8/c1-4-10-6-5-8(2)9(3)7-10;1-2-8-6-4-3-5-7-8/h4-7H,1H2,2-3H3;2-7H,1H2. The molecule has 0 amide bonds. The van der Waals surface area contributed by atoms with Crippen LogP contribution in [0.2, 0.25) is 0 Å². The molecule has 0 heterocycles. The summed E-state index contributed by atoms with van der Waals surface area (Å²) in [6, 6.07) is 16.4. The minimum atomic E-state index is 1.17. The van der Waals surface area contributed by atoms with Crippen LogP contribution in [0.5, 0.6) is 0 Å². The average Bonchev–Trinajstić information content (AvgIpc) is 2.43. The van der Waals surface area contributed by atoms with Gasteiger partial charge in [-0.25, -0.2) is 0 Å². The van der Waals surface area contributed by atoms with E-state index in [1.807, 2.05) is 42.5 Å². The Bertz CT molecular complexity index is 507. The van der Waals surface area contributed by atoms with Crippen molar-refractivity contribution in [1.29, 1.82) is 0 Å². The smallest absolute Gasteiger partial charge is 0.0260 e. The summed E-state index contributed by atoms with van der Waals surface area (Å²) >= 11 is 0. The Labute approximate surface area is 110 Å². The molecular formula is C18H20. The molecule has 0 unspecified atom stereocenters. The lowest BCUT2D eigenvalue weighted by Crippen LogP contribution is -1.80. The lowest BCUT2D eigenvalue weighted by Gasteiger charge is -1.99. The Morgan fingerprint density at radius 2 is 1.33 bits per heavy atom. The molecule has 0 atom stereocenters. The molecule has 92 valence electrons. The maximum Gasteiger partial charge on any atom is -0.0260 e. The van der Waals surface area contributed by atoms with Gasteiger partial charge in [-0.3, -0.25) is 0 Å². The van der Waals surface area contributed by atoms with E-state index in [2.05, 4.69) is 45.2 Å². The predicted octanol–water partition coefficient (Wildman–Crippen LogP) is 5.28. The summed E-state index contributed by atoms with van der Waals surface area (Å²) in [5, 5.41) is 0. The topological polar surface area (TPSA) is 0 Å². The Balaban J connectivity index is 0.000000184. The molecular weight excluding hydrogens is 216 g/mol. The SMILES string of the molecule is C=Cc1ccc(C)c(C)c1.C=Cc1ccccc1. The third-order valence-corrected chi connectivity index (χ3v) is 2.80. The third kappa shape index (κ3) is 4.42. The molecule has 18 heavy (non-hydrogen) atoms. The molecule has 0 nitrogen and oxygen atoms in total. The lowest BCUT2D eigenvalue weighted by atomic mass is 10.1. The summed E-state index contributed by atoms with van der Waals surface area (Å²) in [6.07, 6.45) is 3.70. The summed E-state index contributed by atoms with van der Waals surface area (Å²) < 4.78 is 0. The first-order valence-corrected chi connectivity index (χ1v) is 6.04. The number of hydrogen-bond acceptors (Lipinski definition) is 0. The van der Waals surface area contributed by atoms with Gasteiger partial charge in [-0.2, -0.15) is 0 Å². The van der Waals surface area contributed by atoms with Crippen LogP contribution in [0.15, 0.2) is 61.7 Å². The van der Waals surface area contributed by atoms with Crippen LogP contribution in [0, 0.1) is 13.8 Å². The zero-order chi connectivity index (χ0) is 13.4. The van der Waals surface area contributed by atoms with Crippen LogP contribution >= 0.6 is 0 Å². The van der Waals surface area contributed by atoms with E-state index >= 15 is 0 Å². The zero-order valence-electron chi connectivity index (χ0n) is 11.2. The van der Waals surface area contributed by atoms with E-state index in [0.717, 1.165) is 0 Å². The molecule has 0 saturated carbocycles. The minimum absolute atomic E-state index is 1.17. The maximum atomic E-state index is 3.70. The molecule has 0 radical (unpaired) electrons. The number of benzene rings is 2. The molecule has 0 aromatic heterocycles. The van der Waals surface area contributed by atoms with Gasteiger partial charge in [-0.05, 0) is 36.1 Å². The van der Waals surface area contributed by atoms with E-state index in [4.69, 9.17) is 0 Å². The van der Waals surface area contributed by atoms with Crippen LogP contribution in [-0.2, 0) is 0 Å².